The number of hydrogen-bond acceptors (Lipinski definition) is 3. The third kappa shape index (κ3) is 4.19. The second-order valence-corrected chi connectivity index (χ2v) is 6.85. The van der Waals surface area contributed by atoms with Gasteiger partial charge in [-0.2, -0.15) is 17.4 Å². The summed E-state index contributed by atoms with van der Waals surface area (Å²) in [7, 11) is -3.65. The van der Waals surface area contributed by atoms with Gasteiger partial charge in [-0.05, 0) is 36.5 Å². The molecular formula is C13H18F2N2O3S. The molecule has 1 fully saturated rings. The van der Waals surface area contributed by atoms with Crippen molar-refractivity contribution in [1.82, 2.24) is 9.03 Å². The van der Waals surface area contributed by atoms with Gasteiger partial charge in [-0.3, -0.25) is 0 Å². The fourth-order valence-corrected chi connectivity index (χ4v) is 3.47. The van der Waals surface area contributed by atoms with Crippen molar-refractivity contribution in [2.75, 3.05) is 19.7 Å². The minimum atomic E-state index is -3.65. The maximum absolute atomic E-state index is 13.0. The van der Waals surface area contributed by atoms with Crippen LogP contribution in [-0.2, 0) is 16.8 Å². The van der Waals surface area contributed by atoms with Crippen LogP contribution in [0.15, 0.2) is 18.2 Å². The Bertz CT molecular complexity index is 587. The Labute approximate surface area is 122 Å². The van der Waals surface area contributed by atoms with Gasteiger partial charge in [-0.25, -0.2) is 8.78 Å². The SMILES string of the molecule is O=S(=O)(NCc1ccc(F)c(F)c1)N1CCC(CO)CC1. The van der Waals surface area contributed by atoms with Crippen molar-refractivity contribution in [3.8, 4) is 0 Å². The highest BCUT2D eigenvalue weighted by Crippen LogP contribution is 2.18. The van der Waals surface area contributed by atoms with Crippen LogP contribution >= 0.6 is 0 Å². The number of aliphatic hydroxyl groups is 1. The van der Waals surface area contributed by atoms with Gasteiger partial charge < -0.3 is 5.11 Å². The molecule has 1 saturated heterocycles. The molecule has 0 atom stereocenters. The van der Waals surface area contributed by atoms with E-state index in [1.165, 1.54) is 10.4 Å². The summed E-state index contributed by atoms with van der Waals surface area (Å²) in [6.45, 7) is 0.659. The van der Waals surface area contributed by atoms with E-state index >= 15 is 0 Å². The fourth-order valence-electron chi connectivity index (χ4n) is 2.25. The van der Waals surface area contributed by atoms with Crippen molar-refractivity contribution < 1.29 is 22.3 Å². The summed E-state index contributed by atoms with van der Waals surface area (Å²) in [6, 6.07) is 3.26. The van der Waals surface area contributed by atoms with Crippen molar-refractivity contribution in [3.63, 3.8) is 0 Å². The largest absolute Gasteiger partial charge is 0.396 e. The maximum Gasteiger partial charge on any atom is 0.279 e. The Morgan fingerprint density at radius 2 is 1.90 bits per heavy atom. The molecule has 0 aromatic heterocycles. The summed E-state index contributed by atoms with van der Waals surface area (Å²) in [5, 5.41) is 9.03. The molecule has 5 nitrogen and oxygen atoms in total. The lowest BCUT2D eigenvalue weighted by molar-refractivity contribution is 0.169. The molecule has 1 heterocycles. The quantitative estimate of drug-likeness (QED) is 0.850. The molecule has 0 aliphatic carbocycles. The number of piperidine rings is 1. The third-order valence-electron chi connectivity index (χ3n) is 3.61. The second kappa shape index (κ2) is 6.78. The molecule has 1 aromatic rings. The van der Waals surface area contributed by atoms with Crippen LogP contribution in [0.3, 0.4) is 0 Å². The van der Waals surface area contributed by atoms with Crippen LogP contribution < -0.4 is 4.72 Å². The Morgan fingerprint density at radius 1 is 1.24 bits per heavy atom. The Kier molecular flexibility index (Phi) is 5.26. The Morgan fingerprint density at radius 3 is 2.48 bits per heavy atom. The van der Waals surface area contributed by atoms with E-state index < -0.39 is 21.8 Å². The number of nitrogens with one attached hydrogen (secondary N) is 1. The van der Waals surface area contributed by atoms with Crippen molar-refractivity contribution in [2.24, 2.45) is 5.92 Å². The van der Waals surface area contributed by atoms with Gasteiger partial charge in [0, 0.05) is 26.2 Å². The first-order valence-corrected chi connectivity index (χ1v) is 8.16. The van der Waals surface area contributed by atoms with Gasteiger partial charge in [0.05, 0.1) is 0 Å². The van der Waals surface area contributed by atoms with Crippen LogP contribution in [0.4, 0.5) is 8.78 Å². The summed E-state index contributed by atoms with van der Waals surface area (Å²) in [5.74, 6) is -1.83. The van der Waals surface area contributed by atoms with Gasteiger partial charge in [-0.1, -0.05) is 6.07 Å². The van der Waals surface area contributed by atoms with Crippen molar-refractivity contribution in [2.45, 2.75) is 19.4 Å². The molecule has 1 aliphatic rings. The van der Waals surface area contributed by atoms with Crippen LogP contribution in [0, 0.1) is 17.6 Å². The summed E-state index contributed by atoms with van der Waals surface area (Å²) in [6.07, 6.45) is 1.23. The predicted molar refractivity (Wildman–Crippen MR) is 73.5 cm³/mol. The average Bonchev–Trinajstić information content (AvgIpc) is 2.48. The number of hydrogen-bond donors (Lipinski definition) is 2. The molecule has 0 unspecified atom stereocenters. The monoisotopic (exact) mass is 320 g/mol. The van der Waals surface area contributed by atoms with E-state index in [1.807, 2.05) is 0 Å². The molecule has 2 rings (SSSR count). The highest BCUT2D eigenvalue weighted by Gasteiger charge is 2.27. The van der Waals surface area contributed by atoms with Gasteiger partial charge in [0.2, 0.25) is 0 Å². The molecule has 21 heavy (non-hydrogen) atoms. The van der Waals surface area contributed by atoms with E-state index in [-0.39, 0.29) is 19.1 Å². The van der Waals surface area contributed by atoms with Crippen molar-refractivity contribution in [1.29, 1.82) is 0 Å². The molecule has 0 spiro atoms. The molecule has 0 bridgehead atoms. The average molecular weight is 320 g/mol. The first-order chi connectivity index (χ1) is 9.92. The Hall–Kier alpha value is -1.09. The van der Waals surface area contributed by atoms with Gasteiger partial charge in [0.1, 0.15) is 0 Å². The van der Waals surface area contributed by atoms with Crippen LogP contribution in [0.5, 0.6) is 0 Å². The molecular weight excluding hydrogens is 302 g/mol. The van der Waals surface area contributed by atoms with E-state index in [0.29, 0.717) is 31.5 Å². The lowest BCUT2D eigenvalue weighted by Crippen LogP contribution is -2.45. The van der Waals surface area contributed by atoms with E-state index in [2.05, 4.69) is 4.72 Å². The molecule has 1 aromatic carbocycles. The van der Waals surface area contributed by atoms with Crippen LogP contribution in [0.25, 0.3) is 0 Å². The van der Waals surface area contributed by atoms with Crippen molar-refractivity contribution >= 4 is 10.2 Å². The zero-order valence-corrected chi connectivity index (χ0v) is 12.2. The topological polar surface area (TPSA) is 69.6 Å². The van der Waals surface area contributed by atoms with Gasteiger partial charge in [0.25, 0.3) is 10.2 Å². The zero-order valence-electron chi connectivity index (χ0n) is 11.4. The van der Waals surface area contributed by atoms with Crippen LogP contribution in [0.1, 0.15) is 18.4 Å². The number of halogens is 2. The first kappa shape index (κ1) is 16.3. The van der Waals surface area contributed by atoms with Gasteiger partial charge in [0.15, 0.2) is 11.6 Å². The fraction of sp³-hybridized carbons (Fsp3) is 0.538. The molecule has 0 saturated carbocycles. The molecule has 2 N–H and O–H groups in total. The normalized spacial score (nSPS) is 18.0. The molecule has 0 radical (unpaired) electrons. The van der Waals surface area contributed by atoms with Crippen molar-refractivity contribution in [3.05, 3.63) is 35.4 Å². The lowest BCUT2D eigenvalue weighted by Gasteiger charge is -2.30. The van der Waals surface area contributed by atoms with Crippen LogP contribution in [0.2, 0.25) is 0 Å². The smallest absolute Gasteiger partial charge is 0.279 e. The zero-order chi connectivity index (χ0) is 15.5. The summed E-state index contributed by atoms with van der Waals surface area (Å²) < 4.78 is 53.7. The van der Waals surface area contributed by atoms with E-state index in [0.717, 1.165) is 12.1 Å². The minimum absolute atomic E-state index is 0.0656. The van der Waals surface area contributed by atoms with Gasteiger partial charge in [-0.15, -0.1) is 0 Å². The third-order valence-corrected chi connectivity index (χ3v) is 5.17. The number of nitrogens with zero attached hydrogens (tertiary/aromatic N) is 1. The Balaban J connectivity index is 1.93. The summed E-state index contributed by atoms with van der Waals surface area (Å²) in [4.78, 5) is 0. The van der Waals surface area contributed by atoms with E-state index in [4.69, 9.17) is 5.11 Å². The highest BCUT2D eigenvalue weighted by atomic mass is 32.2. The number of rotatable bonds is 5. The molecule has 0 amide bonds. The second-order valence-electron chi connectivity index (χ2n) is 5.10. The molecule has 1 aliphatic heterocycles. The lowest BCUT2D eigenvalue weighted by atomic mass is 10.00. The minimum Gasteiger partial charge on any atom is -0.396 e. The highest BCUT2D eigenvalue weighted by molar-refractivity contribution is 7.87. The number of aliphatic hydroxyl groups excluding tert-OH is 1. The molecule has 118 valence electrons. The standard InChI is InChI=1S/C13H18F2N2O3S/c14-12-2-1-11(7-13(12)15)8-16-21(19,20)17-5-3-10(9-18)4-6-17/h1-2,7,10,16,18H,3-6,8-9H2. The van der Waals surface area contributed by atoms with E-state index in [1.54, 1.807) is 0 Å². The van der Waals surface area contributed by atoms with Gasteiger partial charge >= 0.3 is 0 Å². The maximum atomic E-state index is 13.0. The number of benzene rings is 1. The van der Waals surface area contributed by atoms with E-state index in [9.17, 15) is 17.2 Å². The first-order valence-electron chi connectivity index (χ1n) is 6.72. The van der Waals surface area contributed by atoms with Crippen LogP contribution in [-0.4, -0.2) is 37.5 Å². The summed E-state index contributed by atoms with van der Waals surface area (Å²) in [5.41, 5.74) is 0.350. The molecule has 8 heteroatoms. The predicted octanol–water partition coefficient (Wildman–Crippen LogP) is 1.00. The summed E-state index contributed by atoms with van der Waals surface area (Å²) >= 11 is 0.